The molecule has 2 aromatic rings. The zero-order chi connectivity index (χ0) is 23.0. The van der Waals surface area contributed by atoms with Crippen LogP contribution in [0.1, 0.15) is 25.3 Å². The van der Waals surface area contributed by atoms with Crippen LogP contribution < -0.4 is 20.9 Å². The molecule has 8 heteroatoms. The Hall–Kier alpha value is -2.90. The number of aromatic nitrogens is 1. The van der Waals surface area contributed by atoms with Crippen molar-refractivity contribution in [1.82, 2.24) is 20.9 Å². The van der Waals surface area contributed by atoms with E-state index in [1.807, 2.05) is 31.6 Å². The number of allylic oxidation sites excluding steroid dienone is 1. The summed E-state index contributed by atoms with van der Waals surface area (Å²) < 4.78 is 0. The fourth-order valence-electron chi connectivity index (χ4n) is 4.06. The number of halogens is 1. The van der Waals surface area contributed by atoms with Gasteiger partial charge in [-0.25, -0.2) is 0 Å². The summed E-state index contributed by atoms with van der Waals surface area (Å²) in [7, 11) is 1.82. The lowest BCUT2D eigenvalue weighted by molar-refractivity contribution is -0.109. The second-order valence-electron chi connectivity index (χ2n) is 8.17. The lowest BCUT2D eigenvalue weighted by atomic mass is 9.89. The molecule has 32 heavy (non-hydrogen) atoms. The summed E-state index contributed by atoms with van der Waals surface area (Å²) in [6, 6.07) is 8.13. The van der Waals surface area contributed by atoms with Gasteiger partial charge >= 0.3 is 0 Å². The van der Waals surface area contributed by atoms with Crippen molar-refractivity contribution in [3.63, 3.8) is 0 Å². The third-order valence-corrected chi connectivity index (χ3v) is 6.22. The summed E-state index contributed by atoms with van der Waals surface area (Å²) in [5, 5.41) is 17.5. The van der Waals surface area contributed by atoms with Gasteiger partial charge in [0.2, 0.25) is 6.41 Å². The maximum atomic E-state index is 10.4. The van der Waals surface area contributed by atoms with Gasteiger partial charge in [0.1, 0.15) is 0 Å². The SMILES string of the molecule is CN/C=C(\C=N)c1ccc(-c2cncc(Cl)c2N2CCC(C)(NCCNC=O)CC2)cc1. The molecule has 0 spiro atoms. The minimum absolute atomic E-state index is 0.0329. The molecule has 2 heterocycles. The summed E-state index contributed by atoms with van der Waals surface area (Å²) in [6.07, 6.45) is 9.40. The lowest BCUT2D eigenvalue weighted by Gasteiger charge is -2.42. The molecular formula is C24H31ClN6O. The average molecular weight is 455 g/mol. The Morgan fingerprint density at radius 1 is 1.22 bits per heavy atom. The number of hydrogen-bond acceptors (Lipinski definition) is 6. The normalized spacial score (nSPS) is 15.8. The predicted molar refractivity (Wildman–Crippen MR) is 132 cm³/mol. The van der Waals surface area contributed by atoms with Crippen molar-refractivity contribution in [2.24, 2.45) is 0 Å². The van der Waals surface area contributed by atoms with Crippen molar-refractivity contribution in [1.29, 1.82) is 5.41 Å². The molecule has 1 fully saturated rings. The molecule has 0 radical (unpaired) electrons. The number of benzene rings is 1. The number of carbonyl (C=O) groups excluding carboxylic acids is 1. The Morgan fingerprint density at radius 3 is 2.56 bits per heavy atom. The Morgan fingerprint density at radius 2 is 1.94 bits per heavy atom. The summed E-state index contributed by atoms with van der Waals surface area (Å²) in [5.74, 6) is 0. The van der Waals surface area contributed by atoms with Gasteiger partial charge in [0.15, 0.2) is 0 Å². The molecule has 0 atom stereocenters. The van der Waals surface area contributed by atoms with Crippen LogP contribution in [-0.4, -0.2) is 56.4 Å². The van der Waals surface area contributed by atoms with Crippen LogP contribution >= 0.6 is 11.6 Å². The number of piperidine rings is 1. The minimum atomic E-state index is 0.0329. The van der Waals surface area contributed by atoms with Gasteiger partial charge in [-0.05, 0) is 30.9 Å². The molecule has 1 aliphatic rings. The van der Waals surface area contributed by atoms with Crippen LogP contribution in [0, 0.1) is 5.41 Å². The molecule has 0 unspecified atom stereocenters. The van der Waals surface area contributed by atoms with E-state index in [2.05, 4.69) is 44.9 Å². The quantitative estimate of drug-likeness (QED) is 0.251. The van der Waals surface area contributed by atoms with Crippen LogP contribution in [0.15, 0.2) is 42.9 Å². The second kappa shape index (κ2) is 11.1. The van der Waals surface area contributed by atoms with E-state index in [1.54, 1.807) is 6.20 Å². The third-order valence-electron chi connectivity index (χ3n) is 5.95. The Labute approximate surface area is 194 Å². The van der Waals surface area contributed by atoms with Crippen LogP contribution in [0.4, 0.5) is 5.69 Å². The standard InChI is InChI=1S/C24H31ClN6O/c1-24(30-10-9-28-17-32)7-11-31(12-8-24)23-21(15-29-16-22(23)25)19-5-3-18(4-6-19)20(13-26)14-27-2/h3-6,13-17,26-27,30H,7-12H2,1-2H3,(H,28,32)/b20-14+,26-13?. The first kappa shape index (κ1) is 23.8. The van der Waals surface area contributed by atoms with Crippen LogP contribution in [0.25, 0.3) is 16.7 Å². The van der Waals surface area contributed by atoms with Gasteiger partial charge in [-0.3, -0.25) is 9.78 Å². The molecule has 1 saturated heterocycles. The number of rotatable bonds is 10. The Kier molecular flexibility index (Phi) is 8.25. The molecule has 1 aliphatic heterocycles. The molecule has 7 nitrogen and oxygen atoms in total. The smallest absolute Gasteiger partial charge is 0.207 e. The zero-order valence-electron chi connectivity index (χ0n) is 18.6. The van der Waals surface area contributed by atoms with E-state index >= 15 is 0 Å². The van der Waals surface area contributed by atoms with Crippen LogP contribution in [0.2, 0.25) is 5.02 Å². The number of anilines is 1. The number of hydrogen-bond donors (Lipinski definition) is 4. The molecule has 170 valence electrons. The second-order valence-corrected chi connectivity index (χ2v) is 8.58. The Bertz CT molecular complexity index is 951. The van der Waals surface area contributed by atoms with Crippen molar-refractivity contribution in [2.75, 3.05) is 38.1 Å². The van der Waals surface area contributed by atoms with Crippen molar-refractivity contribution in [2.45, 2.75) is 25.3 Å². The van der Waals surface area contributed by atoms with Crippen molar-refractivity contribution in [3.05, 3.63) is 53.4 Å². The molecule has 0 saturated carbocycles. The maximum absolute atomic E-state index is 10.4. The van der Waals surface area contributed by atoms with E-state index < -0.39 is 0 Å². The highest BCUT2D eigenvalue weighted by Gasteiger charge is 2.31. The van der Waals surface area contributed by atoms with Crippen molar-refractivity contribution in [3.8, 4) is 11.1 Å². The number of pyridine rings is 1. The summed E-state index contributed by atoms with van der Waals surface area (Å²) >= 11 is 6.64. The Balaban J connectivity index is 1.78. The highest BCUT2D eigenvalue weighted by atomic mass is 35.5. The first-order valence-electron chi connectivity index (χ1n) is 10.8. The predicted octanol–water partition coefficient (Wildman–Crippen LogP) is 3.31. The molecule has 3 rings (SSSR count). The number of nitrogens with zero attached hydrogens (tertiary/aromatic N) is 2. The van der Waals surface area contributed by atoms with Gasteiger partial charge in [-0.1, -0.05) is 35.9 Å². The first-order valence-corrected chi connectivity index (χ1v) is 11.2. The topological polar surface area (TPSA) is 93.1 Å². The first-order chi connectivity index (χ1) is 15.5. The molecule has 1 aromatic heterocycles. The zero-order valence-corrected chi connectivity index (χ0v) is 19.4. The number of carbonyl (C=O) groups is 1. The molecule has 0 bridgehead atoms. The minimum Gasteiger partial charge on any atom is -0.393 e. The number of nitrogens with one attached hydrogen (secondary N) is 4. The maximum Gasteiger partial charge on any atom is 0.207 e. The van der Waals surface area contributed by atoms with E-state index in [0.717, 1.165) is 66.8 Å². The van der Waals surface area contributed by atoms with E-state index in [1.165, 1.54) is 6.21 Å². The van der Waals surface area contributed by atoms with E-state index in [4.69, 9.17) is 17.0 Å². The molecular weight excluding hydrogens is 424 g/mol. The van der Waals surface area contributed by atoms with E-state index in [-0.39, 0.29) is 5.54 Å². The third kappa shape index (κ3) is 5.66. The van der Waals surface area contributed by atoms with Crippen LogP contribution in [0.5, 0.6) is 0 Å². The van der Waals surface area contributed by atoms with Crippen LogP contribution in [0.3, 0.4) is 0 Å². The summed E-state index contributed by atoms with van der Waals surface area (Å²) in [5.41, 5.74) is 4.87. The van der Waals surface area contributed by atoms with Gasteiger partial charge in [0.25, 0.3) is 0 Å². The van der Waals surface area contributed by atoms with Crippen LogP contribution in [-0.2, 0) is 4.79 Å². The summed E-state index contributed by atoms with van der Waals surface area (Å²) in [6.45, 7) is 5.37. The largest absolute Gasteiger partial charge is 0.393 e. The van der Waals surface area contributed by atoms with Gasteiger partial charge in [0, 0.05) is 74.7 Å². The monoisotopic (exact) mass is 454 g/mol. The van der Waals surface area contributed by atoms with Gasteiger partial charge < -0.3 is 26.3 Å². The average Bonchev–Trinajstić information content (AvgIpc) is 2.81. The molecule has 1 amide bonds. The molecule has 0 aliphatic carbocycles. The fourth-order valence-corrected chi connectivity index (χ4v) is 4.34. The lowest BCUT2D eigenvalue weighted by Crippen LogP contribution is -2.52. The van der Waals surface area contributed by atoms with Crippen molar-refractivity contribution >= 4 is 35.5 Å². The highest BCUT2D eigenvalue weighted by molar-refractivity contribution is 6.33. The van der Waals surface area contributed by atoms with E-state index in [9.17, 15) is 4.79 Å². The summed E-state index contributed by atoms with van der Waals surface area (Å²) in [4.78, 5) is 17.1. The fraction of sp³-hybridized carbons (Fsp3) is 0.375. The molecule has 4 N–H and O–H groups in total. The van der Waals surface area contributed by atoms with E-state index in [0.29, 0.717) is 11.6 Å². The van der Waals surface area contributed by atoms with Gasteiger partial charge in [0.05, 0.1) is 10.7 Å². The number of amides is 1. The molecule has 1 aromatic carbocycles. The van der Waals surface area contributed by atoms with Gasteiger partial charge in [-0.15, -0.1) is 0 Å². The highest BCUT2D eigenvalue weighted by Crippen LogP contribution is 2.38. The van der Waals surface area contributed by atoms with Crippen molar-refractivity contribution < 1.29 is 4.79 Å². The van der Waals surface area contributed by atoms with Gasteiger partial charge in [-0.2, -0.15) is 0 Å².